The van der Waals surface area contributed by atoms with Gasteiger partial charge in [-0.2, -0.15) is 0 Å². The molecule has 0 bridgehead atoms. The molecule has 0 saturated heterocycles. The van der Waals surface area contributed by atoms with Crippen molar-refractivity contribution in [2.75, 3.05) is 0 Å². The minimum absolute atomic E-state index is 0.0169. The number of phenols is 2. The van der Waals surface area contributed by atoms with Crippen molar-refractivity contribution in [2.45, 2.75) is 58.3 Å². The first-order chi connectivity index (χ1) is 10.9. The average molecular weight is 348 g/mol. The number of sulfone groups is 1. The van der Waals surface area contributed by atoms with Crippen LogP contribution in [0, 0.1) is 48.5 Å². The predicted octanol–water partition coefficient (Wildman–Crippen LogP) is 4.09. The molecule has 0 heterocycles. The summed E-state index contributed by atoms with van der Waals surface area (Å²) in [4.78, 5) is -0.0435. The largest absolute Gasteiger partial charge is 0.507 e. The summed E-state index contributed by atoms with van der Waals surface area (Å²) in [6.45, 7) is 12.2. The maximum Gasteiger partial charge on any atom is 0.210 e. The molecule has 0 radical (unpaired) electrons. The molecule has 2 aromatic rings. The Bertz CT molecular complexity index is 925. The molecule has 0 unspecified atom stereocenters. The molecule has 0 fully saturated rings. The number of hydrogen-bond donors (Lipinski definition) is 2. The smallest absolute Gasteiger partial charge is 0.210 e. The monoisotopic (exact) mass is 348 g/mol. The number of phenolic OH excluding ortho intramolecular Hbond substituents is 2. The maximum atomic E-state index is 13.3. The Balaban J connectivity index is 2.94. The van der Waals surface area contributed by atoms with Crippen molar-refractivity contribution in [3.63, 3.8) is 0 Å². The number of aryl methyl sites for hydroxylation is 1. The van der Waals surface area contributed by atoms with Crippen LogP contribution < -0.4 is 0 Å². The summed E-state index contributed by atoms with van der Waals surface area (Å²) in [5.41, 5.74) is 4.53. The molecule has 0 aliphatic rings. The molecule has 0 spiro atoms. The molecule has 2 N–H and O–H groups in total. The summed E-state index contributed by atoms with van der Waals surface area (Å²) < 4.78 is 26.5. The van der Waals surface area contributed by atoms with Gasteiger partial charge in [0.05, 0.1) is 4.90 Å². The van der Waals surface area contributed by atoms with Gasteiger partial charge in [0.15, 0.2) is 0 Å². The van der Waals surface area contributed by atoms with Crippen molar-refractivity contribution in [3.05, 3.63) is 45.0 Å². The zero-order chi connectivity index (χ0) is 18.6. The molecule has 0 aliphatic carbocycles. The van der Waals surface area contributed by atoms with Gasteiger partial charge in [-0.3, -0.25) is 0 Å². The van der Waals surface area contributed by atoms with E-state index in [4.69, 9.17) is 0 Å². The fourth-order valence-electron chi connectivity index (χ4n) is 3.05. The van der Waals surface area contributed by atoms with Gasteiger partial charge >= 0.3 is 0 Å². The van der Waals surface area contributed by atoms with Crippen LogP contribution in [0.4, 0.5) is 0 Å². The molecule has 0 saturated carbocycles. The highest BCUT2D eigenvalue weighted by Crippen LogP contribution is 2.40. The Morgan fingerprint density at radius 1 is 0.667 bits per heavy atom. The SMILES string of the molecule is Cc1cc(S(=O)(=O)c2c(C)c(C)c(C)c(O)c2C)c(O)c(C)c1C. The van der Waals surface area contributed by atoms with Gasteiger partial charge in [0.25, 0.3) is 0 Å². The number of hydrogen-bond acceptors (Lipinski definition) is 4. The molecular weight excluding hydrogens is 324 g/mol. The molecule has 0 amide bonds. The summed E-state index contributed by atoms with van der Waals surface area (Å²) in [6.07, 6.45) is 0. The summed E-state index contributed by atoms with van der Waals surface area (Å²) in [5, 5.41) is 20.7. The highest BCUT2D eigenvalue weighted by Gasteiger charge is 2.30. The lowest BCUT2D eigenvalue weighted by Gasteiger charge is -2.19. The van der Waals surface area contributed by atoms with Crippen molar-refractivity contribution in [1.82, 2.24) is 0 Å². The highest BCUT2D eigenvalue weighted by atomic mass is 32.2. The van der Waals surface area contributed by atoms with E-state index in [2.05, 4.69) is 0 Å². The first-order valence-corrected chi connectivity index (χ1v) is 9.25. The lowest BCUT2D eigenvalue weighted by atomic mass is 9.99. The Morgan fingerprint density at radius 2 is 1.17 bits per heavy atom. The van der Waals surface area contributed by atoms with Crippen LogP contribution in [0.15, 0.2) is 15.9 Å². The zero-order valence-electron chi connectivity index (χ0n) is 15.2. The molecule has 0 aromatic heterocycles. The molecule has 2 aromatic carbocycles. The van der Waals surface area contributed by atoms with Crippen LogP contribution >= 0.6 is 0 Å². The van der Waals surface area contributed by atoms with Crippen LogP contribution in [0.25, 0.3) is 0 Å². The second-order valence-corrected chi connectivity index (χ2v) is 8.33. The van der Waals surface area contributed by atoms with Gasteiger partial charge in [0.1, 0.15) is 16.4 Å². The zero-order valence-corrected chi connectivity index (χ0v) is 16.0. The minimum atomic E-state index is -3.96. The van der Waals surface area contributed by atoms with Crippen molar-refractivity contribution >= 4 is 9.84 Å². The Kier molecular flexibility index (Phi) is 4.44. The standard InChI is InChI=1S/C19H24O4S/c1-9-8-16(18(21)12(4)10(9)2)24(22,23)19-14(6)11(3)13(5)17(20)15(19)7/h8,20-21H,1-7H3. The van der Waals surface area contributed by atoms with Gasteiger partial charge in [-0.1, -0.05) is 0 Å². The first kappa shape index (κ1) is 18.3. The van der Waals surface area contributed by atoms with Crippen LogP contribution in [0.2, 0.25) is 0 Å². The van der Waals surface area contributed by atoms with Gasteiger partial charge in [-0.25, -0.2) is 8.42 Å². The minimum Gasteiger partial charge on any atom is -0.507 e. The molecule has 0 aliphatic heterocycles. The van der Waals surface area contributed by atoms with Gasteiger partial charge in [-0.05, 0) is 87.9 Å². The number of aromatic hydroxyl groups is 2. The fourth-order valence-corrected chi connectivity index (χ4v) is 5.06. The molecule has 24 heavy (non-hydrogen) atoms. The van der Waals surface area contributed by atoms with Crippen molar-refractivity contribution in [3.8, 4) is 11.5 Å². The topological polar surface area (TPSA) is 74.6 Å². The number of benzene rings is 2. The van der Waals surface area contributed by atoms with E-state index in [1.807, 2.05) is 13.8 Å². The van der Waals surface area contributed by atoms with E-state index >= 15 is 0 Å². The van der Waals surface area contributed by atoms with Crippen molar-refractivity contribution in [1.29, 1.82) is 0 Å². The molecule has 0 atom stereocenters. The first-order valence-electron chi connectivity index (χ1n) is 7.77. The van der Waals surface area contributed by atoms with E-state index < -0.39 is 9.84 Å². The third-order valence-electron chi connectivity index (χ3n) is 5.17. The third kappa shape index (κ3) is 2.47. The molecule has 130 valence electrons. The Labute approximate surface area is 143 Å². The molecule has 5 heteroatoms. The van der Waals surface area contributed by atoms with E-state index in [0.717, 1.165) is 16.7 Å². The van der Waals surface area contributed by atoms with E-state index in [9.17, 15) is 18.6 Å². The lowest BCUT2D eigenvalue weighted by molar-refractivity contribution is 0.452. The second kappa shape index (κ2) is 5.81. The van der Waals surface area contributed by atoms with Gasteiger partial charge < -0.3 is 10.2 Å². The van der Waals surface area contributed by atoms with Crippen molar-refractivity contribution < 1.29 is 18.6 Å². The van der Waals surface area contributed by atoms with Crippen LogP contribution in [-0.2, 0) is 9.84 Å². The Morgan fingerprint density at radius 3 is 1.71 bits per heavy atom. The van der Waals surface area contributed by atoms with E-state index in [1.54, 1.807) is 34.6 Å². The van der Waals surface area contributed by atoms with Crippen LogP contribution in [0.5, 0.6) is 11.5 Å². The summed E-state index contributed by atoms with van der Waals surface area (Å²) in [5.74, 6) is -0.244. The quantitative estimate of drug-likeness (QED) is 0.857. The summed E-state index contributed by atoms with van der Waals surface area (Å²) in [6, 6.07) is 1.50. The normalized spacial score (nSPS) is 11.8. The van der Waals surface area contributed by atoms with Gasteiger partial charge in [0, 0.05) is 5.56 Å². The predicted molar refractivity (Wildman–Crippen MR) is 94.8 cm³/mol. The molecule has 2 rings (SSSR count). The van der Waals surface area contributed by atoms with Crippen molar-refractivity contribution in [2.24, 2.45) is 0 Å². The third-order valence-corrected chi connectivity index (χ3v) is 7.21. The highest BCUT2D eigenvalue weighted by molar-refractivity contribution is 7.91. The van der Waals surface area contributed by atoms with Crippen LogP contribution in [0.3, 0.4) is 0 Å². The van der Waals surface area contributed by atoms with Crippen LogP contribution in [0.1, 0.15) is 38.9 Å². The summed E-state index contributed by atoms with van der Waals surface area (Å²) >= 11 is 0. The Hall–Kier alpha value is -2.01. The summed E-state index contributed by atoms with van der Waals surface area (Å²) in [7, 11) is -3.96. The second-order valence-electron chi connectivity index (χ2n) is 6.47. The average Bonchev–Trinajstić information content (AvgIpc) is 2.52. The fraction of sp³-hybridized carbons (Fsp3) is 0.368. The molecule has 4 nitrogen and oxygen atoms in total. The van der Waals surface area contributed by atoms with Crippen LogP contribution in [-0.4, -0.2) is 18.6 Å². The van der Waals surface area contributed by atoms with E-state index in [1.165, 1.54) is 6.07 Å². The maximum absolute atomic E-state index is 13.3. The van der Waals surface area contributed by atoms with Gasteiger partial charge in [0.2, 0.25) is 9.84 Å². The van der Waals surface area contributed by atoms with Gasteiger partial charge in [-0.15, -0.1) is 0 Å². The lowest BCUT2D eigenvalue weighted by Crippen LogP contribution is -2.10. The van der Waals surface area contributed by atoms with E-state index in [0.29, 0.717) is 22.3 Å². The number of rotatable bonds is 2. The van der Waals surface area contributed by atoms with E-state index in [-0.39, 0.29) is 21.3 Å². The molecular formula is C19H24O4S.